The first-order valence-corrected chi connectivity index (χ1v) is 12.2. The Morgan fingerprint density at radius 3 is 2.25 bits per heavy atom. The number of rotatable bonds is 9. The Balaban J connectivity index is 1.20. The summed E-state index contributed by atoms with van der Waals surface area (Å²) in [4.78, 5) is 20.3. The van der Waals surface area contributed by atoms with Crippen LogP contribution in [0.4, 0.5) is 35.0 Å². The number of halogens is 3. The van der Waals surface area contributed by atoms with Gasteiger partial charge in [-0.1, -0.05) is 12.1 Å². The van der Waals surface area contributed by atoms with Crippen LogP contribution in [0.15, 0.2) is 72.8 Å². The van der Waals surface area contributed by atoms with E-state index in [4.69, 9.17) is 0 Å². The number of fused-ring (bicyclic) bond motifs is 1. The molecule has 0 saturated carbocycles. The fourth-order valence-corrected chi connectivity index (χ4v) is 3.93. The highest BCUT2D eigenvalue weighted by Gasteiger charge is 2.31. The van der Waals surface area contributed by atoms with Crippen molar-refractivity contribution in [3.8, 4) is 28.5 Å². The van der Waals surface area contributed by atoms with Crippen molar-refractivity contribution >= 4 is 34.1 Å². The van der Waals surface area contributed by atoms with Crippen LogP contribution in [0, 0.1) is 0 Å². The molecule has 2 aromatic heterocycles. The van der Waals surface area contributed by atoms with E-state index in [1.807, 2.05) is 31.3 Å². The lowest BCUT2D eigenvalue weighted by Gasteiger charge is -2.10. The number of aromatic nitrogens is 4. The van der Waals surface area contributed by atoms with Crippen LogP contribution in [0.2, 0.25) is 0 Å². The van der Waals surface area contributed by atoms with Crippen molar-refractivity contribution in [3.05, 3.63) is 72.8 Å². The minimum atomic E-state index is -4.78. The van der Waals surface area contributed by atoms with E-state index >= 15 is 0 Å². The van der Waals surface area contributed by atoms with E-state index < -0.39 is 12.4 Å². The molecule has 0 bridgehead atoms. The van der Waals surface area contributed by atoms with Gasteiger partial charge in [-0.15, -0.1) is 13.2 Å². The third kappa shape index (κ3) is 6.69. The number of carbonyl (C=O) groups excluding carboxylic acids is 1. The summed E-state index contributed by atoms with van der Waals surface area (Å²) in [5, 5.41) is 19.1. The predicted molar refractivity (Wildman–Crippen MR) is 147 cm³/mol. The number of nitrogens with zero attached hydrogens (tertiary/aromatic N) is 2. The monoisotopic (exact) mass is 550 g/mol. The van der Waals surface area contributed by atoms with E-state index in [2.05, 4.69) is 46.2 Å². The lowest BCUT2D eigenvalue weighted by atomic mass is 10.1. The minimum absolute atomic E-state index is 0.305. The topological polar surface area (TPSA) is 132 Å². The highest BCUT2D eigenvalue weighted by molar-refractivity contribution is 5.99. The molecule has 0 unspecified atom stereocenters. The van der Waals surface area contributed by atoms with E-state index in [1.165, 1.54) is 12.1 Å². The number of ether oxygens (including phenoxy) is 1. The van der Waals surface area contributed by atoms with Crippen molar-refractivity contribution in [1.29, 1.82) is 0 Å². The Labute approximate surface area is 226 Å². The molecule has 3 aromatic carbocycles. The Bertz CT molecular complexity index is 1600. The first kappa shape index (κ1) is 26.6. The number of imidazole rings is 1. The lowest BCUT2D eigenvalue weighted by molar-refractivity contribution is -0.274. The van der Waals surface area contributed by atoms with E-state index in [9.17, 15) is 18.0 Å². The van der Waals surface area contributed by atoms with Gasteiger partial charge in [-0.3, -0.25) is 5.10 Å². The van der Waals surface area contributed by atoms with Gasteiger partial charge in [-0.25, -0.2) is 9.78 Å². The van der Waals surface area contributed by atoms with Gasteiger partial charge in [0.2, 0.25) is 0 Å². The van der Waals surface area contributed by atoms with Crippen LogP contribution >= 0.6 is 0 Å². The van der Waals surface area contributed by atoms with Gasteiger partial charge in [-0.2, -0.15) is 5.10 Å². The van der Waals surface area contributed by atoms with Crippen LogP contribution in [-0.4, -0.2) is 52.7 Å². The molecular formula is C27H25F3N8O2. The molecule has 0 aliphatic heterocycles. The number of H-pyrrole nitrogens is 2. The fraction of sp³-hybridized carbons (Fsp3) is 0.148. The number of hydrogen-bond donors (Lipinski definition) is 6. The number of nitrogens with one attached hydrogen (secondary N) is 6. The van der Waals surface area contributed by atoms with Gasteiger partial charge in [0.05, 0.1) is 16.7 Å². The molecule has 0 radical (unpaired) electrons. The highest BCUT2D eigenvalue weighted by atomic mass is 19.4. The zero-order chi connectivity index (χ0) is 28.1. The first-order valence-electron chi connectivity index (χ1n) is 12.2. The second kappa shape index (κ2) is 11.4. The molecule has 0 aliphatic rings. The van der Waals surface area contributed by atoms with Crippen molar-refractivity contribution in [2.45, 2.75) is 6.36 Å². The first-order chi connectivity index (χ1) is 19.3. The maximum Gasteiger partial charge on any atom is 0.573 e. The van der Waals surface area contributed by atoms with Crippen LogP contribution in [-0.2, 0) is 0 Å². The molecule has 0 spiro atoms. The van der Waals surface area contributed by atoms with Crippen molar-refractivity contribution in [2.75, 3.05) is 36.1 Å². The molecule has 5 rings (SSSR count). The van der Waals surface area contributed by atoms with Crippen molar-refractivity contribution in [2.24, 2.45) is 0 Å². The summed E-state index contributed by atoms with van der Waals surface area (Å²) < 4.78 is 40.7. The number of alkyl halides is 3. The largest absolute Gasteiger partial charge is 0.573 e. The van der Waals surface area contributed by atoms with Crippen LogP contribution in [0.5, 0.6) is 5.75 Å². The molecule has 2 heterocycles. The second-order valence-corrected chi connectivity index (χ2v) is 8.74. The van der Waals surface area contributed by atoms with Gasteiger partial charge in [0, 0.05) is 35.7 Å². The molecule has 13 heteroatoms. The number of benzene rings is 3. The zero-order valence-electron chi connectivity index (χ0n) is 21.2. The summed E-state index contributed by atoms with van der Waals surface area (Å²) in [6.45, 7) is 1.67. The maximum absolute atomic E-state index is 12.3. The summed E-state index contributed by atoms with van der Waals surface area (Å²) in [7, 11) is 1.91. The Hall–Kier alpha value is -5.04. The minimum Gasteiger partial charge on any atom is -0.406 e. The average molecular weight is 551 g/mol. The number of aromatic amines is 2. The molecule has 0 atom stereocenters. The van der Waals surface area contributed by atoms with Gasteiger partial charge < -0.3 is 31.0 Å². The predicted octanol–water partition coefficient (Wildman–Crippen LogP) is 5.79. The summed E-state index contributed by atoms with van der Waals surface area (Å²) in [6.07, 6.45) is -4.78. The SMILES string of the molecule is CNCCNc1ccc2nc(-c3cc(-c4ccc(NC(=O)Nc5ccc(OC(F)(F)F)cc5)cc4)n[nH]3)[nH]c2c1. The molecule has 5 aromatic rings. The standard InChI is InChI=1S/C27H25F3N8O2/c1-31-12-13-32-19-8-11-21-23(14-19)36-25(35-21)24-15-22(37-38-24)16-2-4-17(5-3-16)33-26(39)34-18-6-9-20(10-7-18)40-27(28,29)30/h2-11,14-15,31-32H,12-13H2,1H3,(H,35,36)(H,37,38)(H2,33,34,39). The van der Waals surface area contributed by atoms with Gasteiger partial charge >= 0.3 is 12.4 Å². The Kier molecular flexibility index (Phi) is 7.55. The molecule has 40 heavy (non-hydrogen) atoms. The Morgan fingerprint density at radius 2 is 1.57 bits per heavy atom. The van der Waals surface area contributed by atoms with Crippen LogP contribution in [0.1, 0.15) is 0 Å². The highest BCUT2D eigenvalue weighted by Crippen LogP contribution is 2.27. The molecule has 6 N–H and O–H groups in total. The van der Waals surface area contributed by atoms with Gasteiger partial charge in [0.1, 0.15) is 11.4 Å². The number of urea groups is 1. The average Bonchev–Trinajstić information content (AvgIpc) is 3.57. The number of hydrogen-bond acceptors (Lipinski definition) is 6. The van der Waals surface area contributed by atoms with Gasteiger partial charge in [0.15, 0.2) is 5.82 Å². The second-order valence-electron chi connectivity index (χ2n) is 8.74. The maximum atomic E-state index is 12.3. The molecular weight excluding hydrogens is 525 g/mol. The number of anilines is 3. The van der Waals surface area contributed by atoms with Crippen molar-refractivity contribution < 1.29 is 22.7 Å². The van der Waals surface area contributed by atoms with Crippen LogP contribution in [0.25, 0.3) is 33.8 Å². The molecule has 2 amide bonds. The van der Waals surface area contributed by atoms with Crippen molar-refractivity contribution in [1.82, 2.24) is 25.5 Å². The summed E-state index contributed by atoms with van der Waals surface area (Å²) in [6, 6.07) is 19.2. The summed E-state index contributed by atoms with van der Waals surface area (Å²) >= 11 is 0. The van der Waals surface area contributed by atoms with E-state index in [-0.39, 0.29) is 5.75 Å². The third-order valence-corrected chi connectivity index (χ3v) is 5.80. The zero-order valence-corrected chi connectivity index (χ0v) is 21.2. The normalized spacial score (nSPS) is 11.4. The van der Waals surface area contributed by atoms with Crippen LogP contribution < -0.4 is 26.0 Å². The summed E-state index contributed by atoms with van der Waals surface area (Å²) in [5.74, 6) is 0.284. The molecule has 0 aliphatic carbocycles. The van der Waals surface area contributed by atoms with E-state index in [0.29, 0.717) is 22.9 Å². The Morgan fingerprint density at radius 1 is 0.900 bits per heavy atom. The van der Waals surface area contributed by atoms with Crippen LogP contribution in [0.3, 0.4) is 0 Å². The smallest absolute Gasteiger partial charge is 0.406 e. The molecule has 10 nitrogen and oxygen atoms in total. The number of likely N-dealkylation sites (N-methyl/N-ethyl adjacent to an activating group) is 1. The van der Waals surface area contributed by atoms with Crippen molar-refractivity contribution in [3.63, 3.8) is 0 Å². The van der Waals surface area contributed by atoms with E-state index in [1.54, 1.807) is 24.3 Å². The summed E-state index contributed by atoms with van der Waals surface area (Å²) in [5.41, 5.74) is 5.81. The fourth-order valence-electron chi connectivity index (χ4n) is 3.93. The lowest BCUT2D eigenvalue weighted by Crippen LogP contribution is -2.19. The molecule has 0 saturated heterocycles. The third-order valence-electron chi connectivity index (χ3n) is 5.80. The molecule has 0 fully saturated rings. The van der Waals surface area contributed by atoms with E-state index in [0.717, 1.165) is 53.2 Å². The quantitative estimate of drug-likeness (QED) is 0.129. The molecule has 206 valence electrons. The number of carbonyl (C=O) groups is 1. The van der Waals surface area contributed by atoms with Gasteiger partial charge in [0.25, 0.3) is 0 Å². The van der Waals surface area contributed by atoms with Gasteiger partial charge in [-0.05, 0) is 67.7 Å². The number of amides is 2.